The van der Waals surface area contributed by atoms with Crippen LogP contribution in [0.5, 0.6) is 0 Å². The normalized spacial score (nSPS) is 8.38. The molecule has 6 heteroatoms. The largest absolute Gasteiger partial charge is 0.384 e. The average molecular weight is 246 g/mol. The molecule has 0 spiro atoms. The molecule has 0 aliphatic carbocycles. The smallest absolute Gasteiger partial charge is 0.173 e. The van der Waals surface area contributed by atoms with Gasteiger partial charge in [-0.2, -0.15) is 10.5 Å². The van der Waals surface area contributed by atoms with E-state index >= 15 is 0 Å². The summed E-state index contributed by atoms with van der Waals surface area (Å²) < 4.78 is 4.99. The van der Waals surface area contributed by atoms with E-state index in [1.807, 2.05) is 0 Å². The van der Waals surface area contributed by atoms with Crippen LogP contribution in [0.15, 0.2) is 0 Å². The number of nitrogens with zero attached hydrogens (tertiary/aromatic N) is 2. The second-order valence-electron chi connectivity index (χ2n) is 2.72. The Bertz CT molecular complexity index is 172. The molecule has 0 radical (unpaired) electrons. The lowest BCUT2D eigenvalue weighted by atomic mass is 10.3. The van der Waals surface area contributed by atoms with E-state index in [1.54, 1.807) is 7.11 Å². The van der Waals surface area contributed by atoms with Crippen LogP contribution in [0.25, 0.3) is 0 Å². The van der Waals surface area contributed by atoms with Crippen molar-refractivity contribution in [3.8, 4) is 12.4 Å². The van der Waals surface area contributed by atoms with Crippen LogP contribution in [-0.2, 0) is 4.74 Å². The summed E-state index contributed by atoms with van der Waals surface area (Å²) in [5, 5.41) is 14.2. The first-order valence-electron chi connectivity index (χ1n) is 5.09. The van der Waals surface area contributed by atoms with E-state index in [0.717, 1.165) is 20.8 Å². The van der Waals surface area contributed by atoms with Crippen LogP contribution in [0.3, 0.4) is 0 Å². The third-order valence-corrected chi connectivity index (χ3v) is 3.61. The topological polar surface area (TPSA) is 109 Å². The third kappa shape index (κ3) is 29.3. The number of rotatable bonds is 6. The molecule has 1 unspecified atom stereocenters. The zero-order valence-electron chi connectivity index (χ0n) is 10.4. The molecule has 0 saturated heterocycles. The number of nitriles is 2. The number of nitrogens with two attached hydrogens (primary N) is 2. The van der Waals surface area contributed by atoms with Crippen molar-refractivity contribution < 1.29 is 4.74 Å². The number of hydrogen-bond acceptors (Lipinski definition) is 5. The molecule has 5 nitrogen and oxygen atoms in total. The molecule has 0 aromatic carbocycles. The predicted octanol–water partition coefficient (Wildman–Crippen LogP) is 1.35. The SMILES string of the molecule is CCC(CC)PCCOC.N#CN.N#CN. The molecular weight excluding hydrogens is 223 g/mol. The van der Waals surface area contributed by atoms with Gasteiger partial charge in [-0.1, -0.05) is 13.8 Å². The van der Waals surface area contributed by atoms with Gasteiger partial charge in [-0.15, -0.1) is 8.58 Å². The van der Waals surface area contributed by atoms with Gasteiger partial charge in [0.25, 0.3) is 0 Å². The van der Waals surface area contributed by atoms with Crippen LogP contribution in [0.2, 0.25) is 0 Å². The van der Waals surface area contributed by atoms with Gasteiger partial charge in [0, 0.05) is 13.7 Å². The molecule has 0 fully saturated rings. The Morgan fingerprint density at radius 1 is 1.19 bits per heavy atom. The van der Waals surface area contributed by atoms with Gasteiger partial charge in [-0.05, 0) is 24.7 Å². The minimum Gasteiger partial charge on any atom is -0.384 e. The van der Waals surface area contributed by atoms with Gasteiger partial charge in [0.1, 0.15) is 0 Å². The highest BCUT2D eigenvalue weighted by atomic mass is 31.1. The van der Waals surface area contributed by atoms with Crippen molar-refractivity contribution >= 4 is 8.58 Å². The molecule has 0 aliphatic heterocycles. The lowest BCUT2D eigenvalue weighted by Crippen LogP contribution is -1.99. The Morgan fingerprint density at radius 3 is 1.81 bits per heavy atom. The van der Waals surface area contributed by atoms with Gasteiger partial charge >= 0.3 is 0 Å². The van der Waals surface area contributed by atoms with Crippen molar-refractivity contribution in [3.05, 3.63) is 0 Å². The number of methoxy groups -OCH3 is 1. The summed E-state index contributed by atoms with van der Waals surface area (Å²) in [7, 11) is 2.88. The van der Waals surface area contributed by atoms with E-state index < -0.39 is 0 Å². The summed E-state index contributed by atoms with van der Waals surface area (Å²) in [6.07, 6.45) is 6.42. The molecular formula is C10H23N4OP. The zero-order chi connectivity index (χ0) is 13.2. The predicted molar refractivity (Wildman–Crippen MR) is 69.0 cm³/mol. The van der Waals surface area contributed by atoms with Crippen LogP contribution in [0, 0.1) is 22.9 Å². The summed E-state index contributed by atoms with van der Waals surface area (Å²) in [5.74, 6) is 0. The molecule has 0 aromatic rings. The third-order valence-electron chi connectivity index (χ3n) is 1.72. The highest BCUT2D eigenvalue weighted by Crippen LogP contribution is 2.23. The first kappa shape index (κ1) is 20.4. The number of hydrogen-bond donors (Lipinski definition) is 2. The molecule has 0 saturated carbocycles. The molecule has 1 atom stereocenters. The second-order valence-corrected chi connectivity index (χ2v) is 4.44. The quantitative estimate of drug-likeness (QED) is 0.318. The van der Waals surface area contributed by atoms with Gasteiger partial charge in [-0.25, -0.2) is 0 Å². The minimum atomic E-state index is 0.939. The van der Waals surface area contributed by atoms with E-state index in [2.05, 4.69) is 25.3 Å². The monoisotopic (exact) mass is 246 g/mol. The summed E-state index contributed by atoms with van der Waals surface area (Å²) in [6, 6.07) is 0. The van der Waals surface area contributed by atoms with Gasteiger partial charge < -0.3 is 16.2 Å². The Kier molecular flexibility index (Phi) is 30.1. The van der Waals surface area contributed by atoms with Crippen molar-refractivity contribution in [3.63, 3.8) is 0 Å². The van der Waals surface area contributed by atoms with Crippen molar-refractivity contribution in [2.24, 2.45) is 11.5 Å². The minimum absolute atomic E-state index is 0.939. The summed E-state index contributed by atoms with van der Waals surface area (Å²) >= 11 is 0. The van der Waals surface area contributed by atoms with Gasteiger partial charge in [0.15, 0.2) is 12.4 Å². The molecule has 4 N–H and O–H groups in total. The van der Waals surface area contributed by atoms with Gasteiger partial charge in [0.2, 0.25) is 0 Å². The molecule has 0 aromatic heterocycles. The summed E-state index contributed by atoms with van der Waals surface area (Å²) in [6.45, 7) is 5.48. The molecule has 0 rings (SSSR count). The van der Waals surface area contributed by atoms with E-state index in [-0.39, 0.29) is 0 Å². The second kappa shape index (κ2) is 23.6. The fourth-order valence-electron chi connectivity index (χ4n) is 0.942. The standard InChI is InChI=1S/C8H19OP.2CH2N2/c1-4-8(5-2)10-7-6-9-3;2*2-1-3/h8,10H,4-7H2,1-3H3;2*2H2. The Balaban J connectivity index is -0.000000235. The molecule has 94 valence electrons. The van der Waals surface area contributed by atoms with Crippen molar-refractivity contribution in [2.45, 2.75) is 32.3 Å². The van der Waals surface area contributed by atoms with Crippen molar-refractivity contribution in [2.75, 3.05) is 19.9 Å². The van der Waals surface area contributed by atoms with Crippen LogP contribution < -0.4 is 11.5 Å². The molecule has 0 aliphatic rings. The average Bonchev–Trinajstić information content (AvgIpc) is 2.27. The highest BCUT2D eigenvalue weighted by molar-refractivity contribution is 7.38. The van der Waals surface area contributed by atoms with Crippen LogP contribution in [0.1, 0.15) is 26.7 Å². The summed E-state index contributed by atoms with van der Waals surface area (Å²) in [5.41, 5.74) is 9.26. The fraction of sp³-hybridized carbons (Fsp3) is 0.800. The van der Waals surface area contributed by atoms with E-state index in [1.165, 1.54) is 31.4 Å². The van der Waals surface area contributed by atoms with Gasteiger partial charge in [0.05, 0.1) is 0 Å². The molecule has 0 bridgehead atoms. The Hall–Kier alpha value is -1.03. The Morgan fingerprint density at radius 2 is 1.56 bits per heavy atom. The zero-order valence-corrected chi connectivity index (χ0v) is 11.4. The summed E-state index contributed by atoms with van der Waals surface area (Å²) in [4.78, 5) is 0. The molecule has 0 heterocycles. The Labute approximate surface area is 101 Å². The molecule has 16 heavy (non-hydrogen) atoms. The van der Waals surface area contributed by atoms with Crippen LogP contribution in [-0.4, -0.2) is 25.5 Å². The first-order valence-corrected chi connectivity index (χ1v) is 6.38. The van der Waals surface area contributed by atoms with E-state index in [0.29, 0.717) is 0 Å². The van der Waals surface area contributed by atoms with Crippen LogP contribution >= 0.6 is 8.58 Å². The fourth-order valence-corrected chi connectivity index (χ4v) is 2.25. The van der Waals surface area contributed by atoms with Crippen LogP contribution in [0.4, 0.5) is 0 Å². The maximum atomic E-state index is 7.10. The lowest BCUT2D eigenvalue weighted by molar-refractivity contribution is 0.218. The maximum Gasteiger partial charge on any atom is 0.173 e. The highest BCUT2D eigenvalue weighted by Gasteiger charge is 2.00. The van der Waals surface area contributed by atoms with Crippen molar-refractivity contribution in [1.82, 2.24) is 0 Å². The van der Waals surface area contributed by atoms with E-state index in [4.69, 9.17) is 15.3 Å². The lowest BCUT2D eigenvalue weighted by Gasteiger charge is -2.10. The molecule has 0 amide bonds. The van der Waals surface area contributed by atoms with E-state index in [9.17, 15) is 0 Å². The first-order chi connectivity index (χ1) is 7.67. The maximum absolute atomic E-state index is 7.10. The van der Waals surface area contributed by atoms with Crippen molar-refractivity contribution in [1.29, 1.82) is 10.5 Å². The van der Waals surface area contributed by atoms with Gasteiger partial charge in [-0.3, -0.25) is 0 Å². The number of ether oxygens (including phenoxy) is 1.